The molecule has 1 aromatic heterocycles. The second-order valence-corrected chi connectivity index (χ2v) is 6.70. The number of esters is 1. The number of rotatable bonds is 6. The third kappa shape index (κ3) is 4.14. The summed E-state index contributed by atoms with van der Waals surface area (Å²) in [5.74, 6) is 0.0992. The van der Waals surface area contributed by atoms with Gasteiger partial charge in [0.2, 0.25) is 0 Å². The van der Waals surface area contributed by atoms with Crippen molar-refractivity contribution in [1.29, 1.82) is 0 Å². The van der Waals surface area contributed by atoms with Gasteiger partial charge in [-0.25, -0.2) is 9.59 Å². The van der Waals surface area contributed by atoms with E-state index in [1.807, 2.05) is 54.6 Å². The standard InChI is InChI=1S/C24H20O5/c1-2-16-7-10-19(11-8-16)27-15-23(26)28-14-18-13-22(25)29-21-12-9-17-5-3-4-6-20(17)24(18)21/h3-13H,2,14-15H2,1H3. The van der Waals surface area contributed by atoms with Gasteiger partial charge in [0.05, 0.1) is 0 Å². The Morgan fingerprint density at radius 2 is 1.79 bits per heavy atom. The van der Waals surface area contributed by atoms with E-state index < -0.39 is 11.6 Å². The fourth-order valence-electron chi connectivity index (χ4n) is 3.30. The van der Waals surface area contributed by atoms with Gasteiger partial charge in [0.1, 0.15) is 17.9 Å². The Kier molecular flexibility index (Phi) is 5.29. The van der Waals surface area contributed by atoms with E-state index in [2.05, 4.69) is 6.92 Å². The first-order valence-electron chi connectivity index (χ1n) is 9.46. The molecule has 0 N–H and O–H groups in total. The van der Waals surface area contributed by atoms with Crippen LogP contribution in [0.25, 0.3) is 21.7 Å². The summed E-state index contributed by atoms with van der Waals surface area (Å²) in [6.07, 6.45) is 0.941. The molecule has 29 heavy (non-hydrogen) atoms. The largest absolute Gasteiger partial charge is 0.482 e. The van der Waals surface area contributed by atoms with E-state index in [1.165, 1.54) is 11.6 Å². The van der Waals surface area contributed by atoms with E-state index in [9.17, 15) is 9.59 Å². The van der Waals surface area contributed by atoms with Crippen molar-refractivity contribution in [3.8, 4) is 5.75 Å². The fraction of sp³-hybridized carbons (Fsp3) is 0.167. The molecule has 146 valence electrons. The molecular weight excluding hydrogens is 368 g/mol. The van der Waals surface area contributed by atoms with Gasteiger partial charge in [-0.2, -0.15) is 0 Å². The van der Waals surface area contributed by atoms with Crippen molar-refractivity contribution in [2.24, 2.45) is 0 Å². The third-order valence-corrected chi connectivity index (χ3v) is 4.79. The maximum atomic E-state index is 12.1. The van der Waals surface area contributed by atoms with Crippen LogP contribution >= 0.6 is 0 Å². The summed E-state index contributed by atoms with van der Waals surface area (Å²) in [5, 5.41) is 2.72. The minimum Gasteiger partial charge on any atom is -0.482 e. The number of benzene rings is 3. The molecule has 0 saturated heterocycles. The number of fused-ring (bicyclic) bond motifs is 3. The first-order valence-corrected chi connectivity index (χ1v) is 9.46. The van der Waals surface area contributed by atoms with Crippen molar-refractivity contribution in [3.63, 3.8) is 0 Å². The van der Waals surface area contributed by atoms with E-state index in [1.54, 1.807) is 6.07 Å². The third-order valence-electron chi connectivity index (χ3n) is 4.79. The first-order chi connectivity index (χ1) is 14.1. The lowest BCUT2D eigenvalue weighted by Crippen LogP contribution is -2.15. The topological polar surface area (TPSA) is 65.7 Å². The molecule has 0 saturated carbocycles. The normalized spacial score (nSPS) is 10.9. The number of hydrogen-bond acceptors (Lipinski definition) is 5. The summed E-state index contributed by atoms with van der Waals surface area (Å²) >= 11 is 0. The van der Waals surface area contributed by atoms with Gasteiger partial charge in [0.15, 0.2) is 6.61 Å². The average molecular weight is 388 g/mol. The van der Waals surface area contributed by atoms with E-state index in [4.69, 9.17) is 13.9 Å². The maximum absolute atomic E-state index is 12.1. The van der Waals surface area contributed by atoms with Crippen LogP contribution in [0, 0.1) is 0 Å². The molecule has 0 unspecified atom stereocenters. The highest BCUT2D eigenvalue weighted by Gasteiger charge is 2.12. The molecule has 0 amide bonds. The highest BCUT2D eigenvalue weighted by Crippen LogP contribution is 2.27. The van der Waals surface area contributed by atoms with Crippen molar-refractivity contribution in [2.75, 3.05) is 6.61 Å². The van der Waals surface area contributed by atoms with Gasteiger partial charge in [-0.15, -0.1) is 0 Å². The van der Waals surface area contributed by atoms with Gasteiger partial charge in [0.25, 0.3) is 0 Å². The zero-order valence-electron chi connectivity index (χ0n) is 16.0. The number of aryl methyl sites for hydroxylation is 1. The van der Waals surface area contributed by atoms with Crippen LogP contribution in [0.3, 0.4) is 0 Å². The summed E-state index contributed by atoms with van der Waals surface area (Å²) < 4.78 is 16.2. The van der Waals surface area contributed by atoms with Crippen LogP contribution in [0.5, 0.6) is 5.75 Å². The summed E-state index contributed by atoms with van der Waals surface area (Å²) in [6.45, 7) is 1.84. The Balaban J connectivity index is 1.50. The fourth-order valence-corrected chi connectivity index (χ4v) is 3.30. The summed E-state index contributed by atoms with van der Waals surface area (Å²) in [6, 6.07) is 20.4. The molecule has 4 rings (SSSR count). The second-order valence-electron chi connectivity index (χ2n) is 6.70. The molecule has 3 aromatic carbocycles. The lowest BCUT2D eigenvalue weighted by molar-refractivity contribution is -0.147. The summed E-state index contributed by atoms with van der Waals surface area (Å²) in [7, 11) is 0. The number of carbonyl (C=O) groups is 1. The van der Waals surface area contributed by atoms with Crippen LogP contribution in [0.2, 0.25) is 0 Å². The summed E-state index contributed by atoms with van der Waals surface area (Å²) in [5.41, 5.74) is 1.79. The molecule has 0 bridgehead atoms. The molecular formula is C24H20O5. The van der Waals surface area contributed by atoms with Gasteiger partial charge >= 0.3 is 11.6 Å². The van der Waals surface area contributed by atoms with Crippen molar-refractivity contribution >= 4 is 27.7 Å². The molecule has 0 aliphatic carbocycles. The molecule has 0 radical (unpaired) electrons. The number of carbonyl (C=O) groups excluding carboxylic acids is 1. The molecule has 1 heterocycles. The Morgan fingerprint density at radius 1 is 1.00 bits per heavy atom. The van der Waals surface area contributed by atoms with Crippen LogP contribution in [-0.4, -0.2) is 12.6 Å². The monoisotopic (exact) mass is 388 g/mol. The predicted octanol–water partition coefficient (Wildman–Crippen LogP) is 4.63. The minimum atomic E-state index is -0.508. The van der Waals surface area contributed by atoms with Crippen LogP contribution in [-0.2, 0) is 22.6 Å². The van der Waals surface area contributed by atoms with E-state index >= 15 is 0 Å². The second kappa shape index (κ2) is 8.19. The highest BCUT2D eigenvalue weighted by atomic mass is 16.6. The number of ether oxygens (including phenoxy) is 2. The molecule has 0 aliphatic rings. The molecule has 0 atom stereocenters. The van der Waals surface area contributed by atoms with Gasteiger partial charge in [-0.3, -0.25) is 0 Å². The Hall–Kier alpha value is -3.60. The molecule has 5 nitrogen and oxygen atoms in total. The smallest absolute Gasteiger partial charge is 0.344 e. The van der Waals surface area contributed by atoms with Crippen molar-refractivity contribution in [3.05, 3.63) is 88.3 Å². The van der Waals surface area contributed by atoms with Gasteiger partial charge in [-0.1, -0.05) is 49.4 Å². The van der Waals surface area contributed by atoms with Crippen LogP contribution in [0.1, 0.15) is 18.1 Å². The van der Waals surface area contributed by atoms with E-state index in [0.29, 0.717) is 16.9 Å². The maximum Gasteiger partial charge on any atom is 0.344 e. The van der Waals surface area contributed by atoms with Gasteiger partial charge < -0.3 is 13.9 Å². The van der Waals surface area contributed by atoms with E-state index in [0.717, 1.165) is 22.6 Å². The predicted molar refractivity (Wildman–Crippen MR) is 111 cm³/mol. The number of hydrogen-bond donors (Lipinski definition) is 0. The molecule has 4 aromatic rings. The highest BCUT2D eigenvalue weighted by molar-refractivity contribution is 6.07. The van der Waals surface area contributed by atoms with Gasteiger partial charge in [-0.05, 0) is 41.0 Å². The average Bonchev–Trinajstić information content (AvgIpc) is 2.76. The molecule has 0 fully saturated rings. The zero-order valence-corrected chi connectivity index (χ0v) is 16.0. The Morgan fingerprint density at radius 3 is 2.59 bits per heavy atom. The molecule has 5 heteroatoms. The van der Waals surface area contributed by atoms with Crippen molar-refractivity contribution in [1.82, 2.24) is 0 Å². The van der Waals surface area contributed by atoms with Crippen LogP contribution < -0.4 is 10.4 Å². The zero-order chi connectivity index (χ0) is 20.2. The minimum absolute atomic E-state index is 0.0346. The lowest BCUT2D eigenvalue weighted by Gasteiger charge is -2.10. The van der Waals surface area contributed by atoms with E-state index in [-0.39, 0.29) is 13.2 Å². The summed E-state index contributed by atoms with van der Waals surface area (Å²) in [4.78, 5) is 24.1. The van der Waals surface area contributed by atoms with Gasteiger partial charge in [0, 0.05) is 17.0 Å². The SMILES string of the molecule is CCc1ccc(OCC(=O)OCc2cc(=O)oc3ccc4ccccc4c23)cc1. The molecule has 0 aliphatic heterocycles. The molecule has 0 spiro atoms. The quantitative estimate of drug-likeness (QED) is 0.274. The van der Waals surface area contributed by atoms with Crippen molar-refractivity contribution < 1.29 is 18.7 Å². The van der Waals surface area contributed by atoms with Crippen LogP contribution in [0.15, 0.2) is 75.9 Å². The Labute approximate surface area is 167 Å². The Bertz CT molecular complexity index is 1220. The van der Waals surface area contributed by atoms with Crippen molar-refractivity contribution in [2.45, 2.75) is 20.0 Å². The lowest BCUT2D eigenvalue weighted by atomic mass is 10.0. The van der Waals surface area contributed by atoms with Crippen LogP contribution in [0.4, 0.5) is 0 Å². The first kappa shape index (κ1) is 18.7.